The molecule has 0 saturated carbocycles. The molecule has 7 heteroatoms. The van der Waals surface area contributed by atoms with Crippen LogP contribution in [0.5, 0.6) is 5.75 Å². The van der Waals surface area contributed by atoms with E-state index in [9.17, 15) is 10.1 Å². The van der Waals surface area contributed by atoms with Gasteiger partial charge in [0.1, 0.15) is 11.6 Å². The molecular formula is C12H8IN3O3. The van der Waals surface area contributed by atoms with Crippen LogP contribution >= 0.6 is 22.6 Å². The van der Waals surface area contributed by atoms with Crippen LogP contribution in [0.3, 0.4) is 0 Å². The van der Waals surface area contributed by atoms with Crippen molar-refractivity contribution < 1.29 is 9.66 Å². The van der Waals surface area contributed by atoms with Gasteiger partial charge in [0, 0.05) is 11.8 Å². The van der Waals surface area contributed by atoms with Gasteiger partial charge in [-0.15, -0.1) is 0 Å². The minimum absolute atomic E-state index is 0.0174. The van der Waals surface area contributed by atoms with Crippen molar-refractivity contribution in [3.05, 3.63) is 37.6 Å². The quantitative estimate of drug-likeness (QED) is 0.472. The lowest BCUT2D eigenvalue weighted by Crippen LogP contribution is -2.01. The molecular weight excluding hydrogens is 361 g/mol. The highest BCUT2D eigenvalue weighted by molar-refractivity contribution is 14.1. The minimum Gasteiger partial charge on any atom is -0.475 e. The zero-order valence-electron chi connectivity index (χ0n) is 9.88. The molecule has 0 bridgehead atoms. The molecule has 2 aromatic rings. The SMILES string of the molecule is Cc1ccc2c([N+](=O)[O-])cc(I)c(OCC#N)c2n1. The average Bonchev–Trinajstić information content (AvgIpc) is 2.36. The maximum Gasteiger partial charge on any atom is 0.280 e. The number of hydrogen-bond acceptors (Lipinski definition) is 5. The van der Waals surface area contributed by atoms with Gasteiger partial charge in [0.2, 0.25) is 0 Å². The molecule has 0 aliphatic heterocycles. The van der Waals surface area contributed by atoms with Crippen molar-refractivity contribution in [2.75, 3.05) is 6.61 Å². The number of benzene rings is 1. The number of halogens is 1. The number of nitrogens with zero attached hydrogens (tertiary/aromatic N) is 3. The lowest BCUT2D eigenvalue weighted by Gasteiger charge is -2.09. The molecule has 96 valence electrons. The smallest absolute Gasteiger partial charge is 0.280 e. The van der Waals surface area contributed by atoms with E-state index in [0.29, 0.717) is 20.2 Å². The molecule has 1 aromatic heterocycles. The van der Waals surface area contributed by atoms with Gasteiger partial charge in [0.15, 0.2) is 12.4 Å². The van der Waals surface area contributed by atoms with Gasteiger partial charge in [-0.1, -0.05) is 0 Å². The van der Waals surface area contributed by atoms with E-state index in [1.807, 2.05) is 28.7 Å². The molecule has 19 heavy (non-hydrogen) atoms. The van der Waals surface area contributed by atoms with Crippen LogP contribution in [0.15, 0.2) is 18.2 Å². The second-order valence-corrected chi connectivity index (χ2v) is 4.92. The predicted molar refractivity (Wildman–Crippen MR) is 77.0 cm³/mol. The Kier molecular flexibility index (Phi) is 3.80. The fourth-order valence-corrected chi connectivity index (χ4v) is 2.41. The number of nitriles is 1. The molecule has 1 heterocycles. The highest BCUT2D eigenvalue weighted by Crippen LogP contribution is 2.36. The molecule has 0 spiro atoms. The van der Waals surface area contributed by atoms with Crippen molar-refractivity contribution in [1.29, 1.82) is 5.26 Å². The molecule has 0 radical (unpaired) electrons. The molecule has 0 saturated heterocycles. The van der Waals surface area contributed by atoms with E-state index in [4.69, 9.17) is 10.00 Å². The average molecular weight is 369 g/mol. The summed E-state index contributed by atoms with van der Waals surface area (Å²) < 4.78 is 5.90. The number of non-ortho nitro benzene ring substituents is 1. The summed E-state index contributed by atoms with van der Waals surface area (Å²) in [5.74, 6) is 0.409. The second kappa shape index (κ2) is 5.36. The van der Waals surface area contributed by atoms with E-state index in [-0.39, 0.29) is 12.3 Å². The normalized spacial score (nSPS) is 10.2. The lowest BCUT2D eigenvalue weighted by atomic mass is 10.1. The van der Waals surface area contributed by atoms with Gasteiger partial charge in [-0.2, -0.15) is 5.26 Å². The Morgan fingerprint density at radius 1 is 1.58 bits per heavy atom. The first kappa shape index (κ1) is 13.5. The number of fused-ring (bicyclic) bond motifs is 1. The summed E-state index contributed by atoms with van der Waals surface area (Å²) in [5, 5.41) is 20.0. The molecule has 0 unspecified atom stereocenters. The fraction of sp³-hybridized carbons (Fsp3) is 0.167. The van der Waals surface area contributed by atoms with E-state index >= 15 is 0 Å². The van der Waals surface area contributed by atoms with Crippen molar-refractivity contribution in [2.24, 2.45) is 0 Å². The molecule has 6 nitrogen and oxygen atoms in total. The van der Waals surface area contributed by atoms with E-state index in [0.717, 1.165) is 5.69 Å². The number of aromatic nitrogens is 1. The maximum atomic E-state index is 11.1. The predicted octanol–water partition coefficient (Wildman–Crippen LogP) is 2.96. The minimum atomic E-state index is -0.449. The third kappa shape index (κ3) is 2.58. The number of nitro benzene ring substituents is 1. The first-order chi connectivity index (χ1) is 9.04. The zero-order valence-corrected chi connectivity index (χ0v) is 12.0. The standard InChI is InChI=1S/C12H8IN3O3/c1-7-2-3-8-10(16(17)18)6-9(13)12(11(8)15-7)19-5-4-14/h2-3,6H,5H2,1H3. The maximum absolute atomic E-state index is 11.1. The number of hydrogen-bond donors (Lipinski definition) is 0. The molecule has 2 rings (SSSR count). The Bertz CT molecular complexity index is 709. The molecule has 0 amide bonds. The lowest BCUT2D eigenvalue weighted by molar-refractivity contribution is -0.383. The van der Waals surface area contributed by atoms with E-state index in [2.05, 4.69) is 4.98 Å². The van der Waals surface area contributed by atoms with Gasteiger partial charge >= 0.3 is 0 Å². The summed E-state index contributed by atoms with van der Waals surface area (Å²) in [4.78, 5) is 14.9. The summed E-state index contributed by atoms with van der Waals surface area (Å²) in [6.45, 7) is 1.66. The van der Waals surface area contributed by atoms with Crippen LogP contribution in [0.25, 0.3) is 10.9 Å². The van der Waals surface area contributed by atoms with Gasteiger partial charge in [-0.05, 0) is 41.6 Å². The van der Waals surface area contributed by atoms with Gasteiger partial charge in [-0.25, -0.2) is 4.98 Å². The van der Waals surface area contributed by atoms with Crippen molar-refractivity contribution in [1.82, 2.24) is 4.98 Å². The fourth-order valence-electron chi connectivity index (χ4n) is 1.71. The van der Waals surface area contributed by atoms with Crippen LogP contribution in [0.4, 0.5) is 5.69 Å². The molecule has 0 fully saturated rings. The molecule has 0 aliphatic carbocycles. The van der Waals surface area contributed by atoms with Crippen LogP contribution in [-0.2, 0) is 0 Å². The number of ether oxygens (including phenoxy) is 1. The summed E-state index contributed by atoms with van der Waals surface area (Å²) in [6.07, 6.45) is 0. The van der Waals surface area contributed by atoms with Crippen LogP contribution in [0, 0.1) is 31.9 Å². The number of rotatable bonds is 3. The number of nitro groups is 1. The first-order valence-electron chi connectivity index (χ1n) is 5.28. The Labute approximate surface area is 122 Å². The molecule has 0 N–H and O–H groups in total. The largest absolute Gasteiger partial charge is 0.475 e. The van der Waals surface area contributed by atoms with Crippen molar-refractivity contribution >= 4 is 39.2 Å². The van der Waals surface area contributed by atoms with Crippen molar-refractivity contribution in [2.45, 2.75) is 6.92 Å². The summed E-state index contributed by atoms with van der Waals surface area (Å²) in [6, 6.07) is 6.64. The Morgan fingerprint density at radius 2 is 2.32 bits per heavy atom. The highest BCUT2D eigenvalue weighted by Gasteiger charge is 2.20. The highest BCUT2D eigenvalue weighted by atomic mass is 127. The monoisotopic (exact) mass is 369 g/mol. The molecule has 0 aliphatic rings. The van der Waals surface area contributed by atoms with Crippen LogP contribution in [0.1, 0.15) is 5.69 Å². The third-order valence-electron chi connectivity index (χ3n) is 2.48. The van der Waals surface area contributed by atoms with Crippen LogP contribution in [0.2, 0.25) is 0 Å². The van der Waals surface area contributed by atoms with Gasteiger partial charge < -0.3 is 4.74 Å². The number of aryl methyl sites for hydroxylation is 1. The second-order valence-electron chi connectivity index (χ2n) is 3.76. The van der Waals surface area contributed by atoms with E-state index in [1.54, 1.807) is 19.1 Å². The van der Waals surface area contributed by atoms with Crippen molar-refractivity contribution in [3.8, 4) is 11.8 Å². The van der Waals surface area contributed by atoms with E-state index in [1.165, 1.54) is 6.07 Å². The van der Waals surface area contributed by atoms with Gasteiger partial charge in [0.25, 0.3) is 5.69 Å². The summed E-state index contributed by atoms with van der Waals surface area (Å²) >= 11 is 1.94. The van der Waals surface area contributed by atoms with Crippen LogP contribution < -0.4 is 4.74 Å². The third-order valence-corrected chi connectivity index (χ3v) is 3.28. The molecule has 1 aromatic carbocycles. The Balaban J connectivity index is 2.79. The summed E-state index contributed by atoms with van der Waals surface area (Å²) in [5.41, 5.74) is 1.12. The zero-order chi connectivity index (χ0) is 14.0. The summed E-state index contributed by atoms with van der Waals surface area (Å²) in [7, 11) is 0. The Morgan fingerprint density at radius 3 is 2.95 bits per heavy atom. The van der Waals surface area contributed by atoms with Gasteiger partial charge in [-0.3, -0.25) is 10.1 Å². The van der Waals surface area contributed by atoms with Crippen molar-refractivity contribution in [3.63, 3.8) is 0 Å². The molecule has 0 atom stereocenters. The van der Waals surface area contributed by atoms with Gasteiger partial charge in [0.05, 0.1) is 13.9 Å². The van der Waals surface area contributed by atoms with Crippen LogP contribution in [-0.4, -0.2) is 16.5 Å². The Hall–Kier alpha value is -1.95. The topological polar surface area (TPSA) is 89.0 Å². The number of pyridine rings is 1. The van der Waals surface area contributed by atoms with E-state index < -0.39 is 4.92 Å². The first-order valence-corrected chi connectivity index (χ1v) is 6.36.